The van der Waals surface area contributed by atoms with Crippen LogP contribution in [-0.4, -0.2) is 19.5 Å². The molecule has 0 aromatic rings. The third-order valence-electron chi connectivity index (χ3n) is 0. The normalized spacial score (nSPS) is 8.44. The van der Waals surface area contributed by atoms with E-state index in [9.17, 15) is 0 Å². The summed E-state index contributed by atoms with van der Waals surface area (Å²) in [6.07, 6.45) is 0. The fourth-order valence-electron chi connectivity index (χ4n) is 0. The third kappa shape index (κ3) is 598. The summed E-state index contributed by atoms with van der Waals surface area (Å²) in [5.74, 6) is 0. The van der Waals surface area contributed by atoms with E-state index in [-0.39, 0.29) is 29.6 Å². The topological polar surface area (TPSA) is 106 Å². The Morgan fingerprint density at radius 1 is 1.56 bits per heavy atom. The maximum absolute atomic E-state index is 8.97. The molecule has 0 saturated carbocycles. The van der Waals surface area contributed by atoms with Gasteiger partial charge in [-0.3, -0.25) is 4.55 Å². The molecule has 52 valence electrons. The summed E-state index contributed by atoms with van der Waals surface area (Å²) in [7, 11) is -4.17. The fourth-order valence-corrected chi connectivity index (χ4v) is 0. The standard InChI is InChI=1S/C2H6N.H3NO3S.Na/c1-2-3;1-5(2,3)4;/h1-3H2;(H3,1,2,3,4);/q-1;;+1. The minimum Gasteiger partial charge on any atom is -0.360 e. The minimum absolute atomic E-state index is 0. The zero-order chi connectivity index (χ0) is 7.21. The van der Waals surface area contributed by atoms with Crippen molar-refractivity contribution in [3.05, 3.63) is 6.92 Å². The van der Waals surface area contributed by atoms with Gasteiger partial charge in [-0.15, -0.1) is 6.54 Å². The fraction of sp³-hybridized carbons (Fsp3) is 0.500. The van der Waals surface area contributed by atoms with Gasteiger partial charge in [0.1, 0.15) is 0 Å². The Morgan fingerprint density at radius 2 is 1.56 bits per heavy atom. The van der Waals surface area contributed by atoms with Gasteiger partial charge in [0, 0.05) is 0 Å². The molecule has 0 unspecified atom stereocenters. The Bertz CT molecular complexity index is 114. The summed E-state index contributed by atoms with van der Waals surface area (Å²) in [6.45, 7) is 3.76. The average Bonchev–Trinajstić information content (AvgIpc) is 1.27. The molecule has 0 aliphatic heterocycles. The van der Waals surface area contributed by atoms with E-state index in [1.165, 1.54) is 0 Å². The molecule has 0 aliphatic carbocycles. The summed E-state index contributed by atoms with van der Waals surface area (Å²) in [6, 6.07) is 0. The summed E-state index contributed by atoms with van der Waals surface area (Å²) in [4.78, 5) is 0. The minimum atomic E-state index is -4.17. The van der Waals surface area contributed by atoms with Gasteiger partial charge in [0.05, 0.1) is 0 Å². The van der Waals surface area contributed by atoms with Crippen molar-refractivity contribution in [3.63, 3.8) is 0 Å². The van der Waals surface area contributed by atoms with E-state index in [1.807, 2.05) is 0 Å². The van der Waals surface area contributed by atoms with E-state index >= 15 is 0 Å². The van der Waals surface area contributed by atoms with Crippen molar-refractivity contribution in [2.45, 2.75) is 0 Å². The van der Waals surface area contributed by atoms with Gasteiger partial charge in [-0.2, -0.15) is 8.42 Å². The summed E-state index contributed by atoms with van der Waals surface area (Å²) in [5.41, 5.74) is 4.74. The number of rotatable bonds is 0. The van der Waals surface area contributed by atoms with Crippen molar-refractivity contribution in [1.82, 2.24) is 0 Å². The zero-order valence-electron chi connectivity index (χ0n) is 5.24. The second-order valence-corrected chi connectivity index (χ2v) is 1.83. The van der Waals surface area contributed by atoms with Gasteiger partial charge in [0.25, 0.3) is 0 Å². The first-order valence-electron chi connectivity index (χ1n) is 1.66. The Kier molecular flexibility index (Phi) is 16.1. The van der Waals surface area contributed by atoms with Gasteiger partial charge < -0.3 is 12.7 Å². The monoisotopic (exact) mass is 164 g/mol. The van der Waals surface area contributed by atoms with Crippen LogP contribution in [0.5, 0.6) is 0 Å². The molecule has 0 radical (unpaired) electrons. The Labute approximate surface area is 77.0 Å². The average molecular weight is 164 g/mol. The van der Waals surface area contributed by atoms with E-state index in [2.05, 4.69) is 12.1 Å². The van der Waals surface area contributed by atoms with Crippen molar-refractivity contribution in [3.8, 4) is 0 Å². The van der Waals surface area contributed by atoms with Crippen LogP contribution < -0.4 is 40.4 Å². The molecule has 0 atom stereocenters. The van der Waals surface area contributed by atoms with Gasteiger partial charge >= 0.3 is 39.9 Å². The second-order valence-electron chi connectivity index (χ2n) is 0.804. The smallest absolute Gasteiger partial charge is 0.360 e. The number of nitrogens with two attached hydrogens (primary N) is 2. The number of hydrogen-bond acceptors (Lipinski definition) is 3. The van der Waals surface area contributed by atoms with Gasteiger partial charge in [-0.05, 0) is 0 Å². The first-order valence-corrected chi connectivity index (χ1v) is 3.16. The van der Waals surface area contributed by atoms with Crippen LogP contribution in [0.3, 0.4) is 0 Å². The summed E-state index contributed by atoms with van der Waals surface area (Å²) < 4.78 is 25.2. The molecule has 0 aromatic heterocycles. The van der Waals surface area contributed by atoms with Crippen LogP contribution in [0.25, 0.3) is 0 Å². The molecule has 0 fully saturated rings. The Hall–Kier alpha value is 0.830. The van der Waals surface area contributed by atoms with Crippen molar-refractivity contribution < 1.29 is 42.5 Å². The molecule has 7 heteroatoms. The predicted molar refractivity (Wildman–Crippen MR) is 30.1 cm³/mol. The van der Waals surface area contributed by atoms with E-state index in [1.54, 1.807) is 0 Å². The molecular formula is C2H9N2NaO3S. The van der Waals surface area contributed by atoms with Crippen LogP contribution in [0.1, 0.15) is 0 Å². The van der Waals surface area contributed by atoms with E-state index in [4.69, 9.17) is 18.7 Å². The predicted octanol–water partition coefficient (Wildman–Crippen LogP) is -4.47. The molecule has 0 saturated heterocycles. The second kappa shape index (κ2) is 8.83. The van der Waals surface area contributed by atoms with Crippen LogP contribution in [-0.2, 0) is 10.3 Å². The molecule has 5 nitrogen and oxygen atoms in total. The van der Waals surface area contributed by atoms with Gasteiger partial charge in [-0.1, -0.05) is 0 Å². The number of hydrogen-bond donors (Lipinski definition) is 3. The molecule has 0 amide bonds. The maximum Gasteiger partial charge on any atom is 1.00 e. The van der Waals surface area contributed by atoms with Crippen molar-refractivity contribution in [2.75, 3.05) is 6.54 Å². The molecule has 0 bridgehead atoms. The first kappa shape index (κ1) is 16.4. The van der Waals surface area contributed by atoms with Crippen LogP contribution in [0.15, 0.2) is 0 Å². The first-order chi connectivity index (χ1) is 3.41. The van der Waals surface area contributed by atoms with E-state index in [0.29, 0.717) is 6.54 Å². The quantitative estimate of drug-likeness (QED) is 0.191. The zero-order valence-corrected chi connectivity index (χ0v) is 8.06. The largest absolute Gasteiger partial charge is 1.00 e. The molecule has 9 heavy (non-hydrogen) atoms. The van der Waals surface area contributed by atoms with Crippen LogP contribution in [0.2, 0.25) is 0 Å². The van der Waals surface area contributed by atoms with Gasteiger partial charge in [0.15, 0.2) is 0 Å². The molecule has 0 aromatic carbocycles. The molecule has 0 aliphatic rings. The molecule has 0 spiro atoms. The Morgan fingerprint density at radius 3 is 1.56 bits per heavy atom. The molecule has 0 heterocycles. The summed E-state index contributed by atoms with van der Waals surface area (Å²) >= 11 is 0. The van der Waals surface area contributed by atoms with Gasteiger partial charge in [-0.25, -0.2) is 5.14 Å². The van der Waals surface area contributed by atoms with Crippen molar-refractivity contribution >= 4 is 10.3 Å². The molecular weight excluding hydrogens is 155 g/mol. The van der Waals surface area contributed by atoms with Crippen LogP contribution >= 0.6 is 0 Å². The Balaban J connectivity index is -0.0000000800. The third-order valence-corrected chi connectivity index (χ3v) is 0. The molecule has 0 rings (SSSR count). The van der Waals surface area contributed by atoms with Crippen molar-refractivity contribution in [2.24, 2.45) is 10.9 Å². The van der Waals surface area contributed by atoms with Crippen LogP contribution in [0.4, 0.5) is 0 Å². The molecule has 5 N–H and O–H groups in total. The van der Waals surface area contributed by atoms with Crippen molar-refractivity contribution in [1.29, 1.82) is 0 Å². The van der Waals surface area contributed by atoms with E-state index < -0.39 is 10.3 Å². The SMILES string of the molecule is NS(=O)(=O)O.[CH2-]CN.[Na+]. The van der Waals surface area contributed by atoms with Crippen LogP contribution in [0, 0.1) is 6.92 Å². The van der Waals surface area contributed by atoms with Gasteiger partial charge in [0.2, 0.25) is 0 Å². The van der Waals surface area contributed by atoms with E-state index in [0.717, 1.165) is 0 Å². The summed E-state index contributed by atoms with van der Waals surface area (Å²) in [5, 5.41) is 3.88. The maximum atomic E-state index is 8.97.